The Morgan fingerprint density at radius 2 is 2.17 bits per heavy atom. The lowest BCUT2D eigenvalue weighted by Crippen LogP contribution is -2.32. The number of aliphatic carboxylic acids is 1. The molecule has 0 amide bonds. The summed E-state index contributed by atoms with van der Waals surface area (Å²) in [5.41, 5.74) is 7.29. The highest BCUT2D eigenvalue weighted by molar-refractivity contribution is 5.85. The number of aromatic nitrogens is 1. The van der Waals surface area contributed by atoms with Gasteiger partial charge in [-0.25, -0.2) is 4.39 Å². The number of rotatable bonds is 5. The number of hydrogen-bond donors (Lipinski definition) is 2. The van der Waals surface area contributed by atoms with E-state index in [1.165, 1.54) is 0 Å². The SMILES string of the molecule is N[C@@H](Cc1cn(CC[18F])c2ccccc12)C(=O)O. The number of nitrogens with zero attached hydrogens (tertiary/aromatic N) is 1. The van der Waals surface area contributed by atoms with Gasteiger partial charge in [0, 0.05) is 23.5 Å². The molecule has 0 aliphatic heterocycles. The Hall–Kier alpha value is -1.88. The number of benzene rings is 1. The highest BCUT2D eigenvalue weighted by Crippen LogP contribution is 2.22. The Morgan fingerprint density at radius 3 is 2.83 bits per heavy atom. The quantitative estimate of drug-likeness (QED) is 0.845. The third-order valence-corrected chi connectivity index (χ3v) is 2.95. The molecule has 0 radical (unpaired) electrons. The van der Waals surface area contributed by atoms with Gasteiger partial charge in [0.1, 0.15) is 12.7 Å². The van der Waals surface area contributed by atoms with Gasteiger partial charge < -0.3 is 15.4 Å². The summed E-state index contributed by atoms with van der Waals surface area (Å²) >= 11 is 0. The molecule has 0 bridgehead atoms. The van der Waals surface area contributed by atoms with E-state index in [4.69, 9.17) is 10.8 Å². The third-order valence-electron chi connectivity index (χ3n) is 2.95. The second-order valence-electron chi connectivity index (χ2n) is 4.20. The lowest BCUT2D eigenvalue weighted by atomic mass is 10.1. The molecule has 0 saturated carbocycles. The minimum atomic E-state index is -1.03. The number of aryl methyl sites for hydroxylation is 1. The fraction of sp³-hybridized carbons (Fsp3) is 0.308. The molecule has 2 aromatic rings. The van der Waals surface area contributed by atoms with Gasteiger partial charge in [-0.2, -0.15) is 0 Å². The van der Waals surface area contributed by atoms with Crippen molar-refractivity contribution in [2.45, 2.75) is 19.0 Å². The monoisotopic (exact) mass is 249 g/mol. The minimum Gasteiger partial charge on any atom is -0.480 e. The fourth-order valence-corrected chi connectivity index (χ4v) is 2.09. The number of carboxylic acid groups (broad SMARTS) is 1. The van der Waals surface area contributed by atoms with Crippen LogP contribution in [0.2, 0.25) is 0 Å². The standard InChI is InChI=1S/C13H15FN2O2/c14-5-6-16-8-9(7-11(15)13(17)18)10-3-1-2-4-12(10)16/h1-4,8,11H,5-7,15H2,(H,17,18)/t11-/m0/s1/i14-1. The van der Waals surface area contributed by atoms with Gasteiger partial charge in [0.2, 0.25) is 0 Å². The van der Waals surface area contributed by atoms with Crippen molar-refractivity contribution in [3.05, 3.63) is 36.0 Å². The normalized spacial score (nSPS) is 12.8. The fourth-order valence-electron chi connectivity index (χ4n) is 2.09. The summed E-state index contributed by atoms with van der Waals surface area (Å²) in [5.74, 6) is -1.03. The van der Waals surface area contributed by atoms with E-state index in [1.54, 1.807) is 10.8 Å². The van der Waals surface area contributed by atoms with Crippen LogP contribution in [0.1, 0.15) is 5.56 Å². The van der Waals surface area contributed by atoms with Crippen molar-refractivity contribution in [1.29, 1.82) is 0 Å². The number of carboxylic acids is 1. The first-order valence-corrected chi connectivity index (χ1v) is 5.74. The average molecular weight is 249 g/mol. The van der Waals surface area contributed by atoms with Gasteiger partial charge in [-0.15, -0.1) is 0 Å². The first-order valence-electron chi connectivity index (χ1n) is 5.74. The number of nitrogens with two attached hydrogens (primary N) is 1. The van der Waals surface area contributed by atoms with Crippen molar-refractivity contribution in [3.8, 4) is 0 Å². The molecule has 2 rings (SSSR count). The maximum absolute atomic E-state index is 12.5. The largest absolute Gasteiger partial charge is 0.480 e. The Labute approximate surface area is 104 Å². The number of carbonyl (C=O) groups is 1. The van der Waals surface area contributed by atoms with Gasteiger partial charge >= 0.3 is 5.97 Å². The molecular weight excluding hydrogens is 234 g/mol. The van der Waals surface area contributed by atoms with E-state index < -0.39 is 18.7 Å². The molecular formula is C13H15FN2O2. The second-order valence-corrected chi connectivity index (χ2v) is 4.20. The second kappa shape index (κ2) is 5.18. The van der Waals surface area contributed by atoms with Crippen LogP contribution in [0.3, 0.4) is 0 Å². The molecule has 0 spiro atoms. The van der Waals surface area contributed by atoms with Crippen LogP contribution in [0.4, 0.5) is 4.39 Å². The number of alkyl halides is 1. The van der Waals surface area contributed by atoms with E-state index in [0.29, 0.717) is 0 Å². The van der Waals surface area contributed by atoms with E-state index in [-0.39, 0.29) is 13.0 Å². The topological polar surface area (TPSA) is 68.2 Å². The Bertz CT molecular complexity index is 565. The molecule has 4 nitrogen and oxygen atoms in total. The van der Waals surface area contributed by atoms with Crippen molar-refractivity contribution in [1.82, 2.24) is 4.57 Å². The first-order chi connectivity index (χ1) is 8.63. The third kappa shape index (κ3) is 2.36. The van der Waals surface area contributed by atoms with Crippen molar-refractivity contribution in [3.63, 3.8) is 0 Å². The molecule has 1 aromatic carbocycles. The lowest BCUT2D eigenvalue weighted by Gasteiger charge is -2.04. The van der Waals surface area contributed by atoms with Gasteiger partial charge in [0.05, 0.1) is 6.54 Å². The van der Waals surface area contributed by atoms with E-state index in [0.717, 1.165) is 16.5 Å². The van der Waals surface area contributed by atoms with Crippen molar-refractivity contribution >= 4 is 16.9 Å². The van der Waals surface area contributed by atoms with Crippen molar-refractivity contribution in [2.75, 3.05) is 6.67 Å². The highest BCUT2D eigenvalue weighted by atomic mass is 18.2. The Balaban J connectivity index is 2.41. The highest BCUT2D eigenvalue weighted by Gasteiger charge is 2.16. The van der Waals surface area contributed by atoms with E-state index in [1.807, 2.05) is 24.3 Å². The van der Waals surface area contributed by atoms with Crippen LogP contribution in [-0.2, 0) is 17.8 Å². The smallest absolute Gasteiger partial charge is 0.320 e. The van der Waals surface area contributed by atoms with Gasteiger partial charge in [-0.05, 0) is 11.6 Å². The summed E-state index contributed by atoms with van der Waals surface area (Å²) < 4.78 is 14.3. The minimum absolute atomic E-state index is 0.245. The number of halogens is 1. The van der Waals surface area contributed by atoms with E-state index in [2.05, 4.69) is 0 Å². The summed E-state index contributed by atoms with van der Waals surface area (Å²) in [6.45, 7) is -0.189. The van der Waals surface area contributed by atoms with Crippen LogP contribution in [0, 0.1) is 0 Å². The number of fused-ring (bicyclic) bond motifs is 1. The average Bonchev–Trinajstić information content (AvgIpc) is 2.69. The van der Waals surface area contributed by atoms with E-state index >= 15 is 0 Å². The maximum Gasteiger partial charge on any atom is 0.320 e. The molecule has 3 N–H and O–H groups in total. The molecule has 18 heavy (non-hydrogen) atoms. The number of hydrogen-bond acceptors (Lipinski definition) is 2. The molecule has 0 fully saturated rings. The summed E-state index contributed by atoms with van der Waals surface area (Å²) in [6.07, 6.45) is 2.03. The predicted molar refractivity (Wildman–Crippen MR) is 67.2 cm³/mol. The van der Waals surface area contributed by atoms with Gasteiger partial charge in [0.15, 0.2) is 0 Å². The molecule has 96 valence electrons. The van der Waals surface area contributed by atoms with Crippen LogP contribution < -0.4 is 5.73 Å². The molecule has 1 aromatic heterocycles. The zero-order valence-corrected chi connectivity index (χ0v) is 9.84. The van der Waals surface area contributed by atoms with Crippen molar-refractivity contribution < 1.29 is 14.3 Å². The Kier molecular flexibility index (Phi) is 3.62. The van der Waals surface area contributed by atoms with Crippen molar-refractivity contribution in [2.24, 2.45) is 5.73 Å². The zero-order chi connectivity index (χ0) is 13.1. The summed E-state index contributed by atoms with van der Waals surface area (Å²) in [5, 5.41) is 9.77. The van der Waals surface area contributed by atoms with Gasteiger partial charge in [0.25, 0.3) is 0 Å². The summed E-state index contributed by atoms with van der Waals surface area (Å²) in [4.78, 5) is 10.8. The van der Waals surface area contributed by atoms with Crippen LogP contribution in [0.25, 0.3) is 10.9 Å². The molecule has 0 aliphatic rings. The van der Waals surface area contributed by atoms with Gasteiger partial charge in [-0.1, -0.05) is 18.2 Å². The summed E-state index contributed by atoms with van der Waals surface area (Å²) in [6, 6.07) is 6.60. The van der Waals surface area contributed by atoms with E-state index in [9.17, 15) is 9.18 Å². The lowest BCUT2D eigenvalue weighted by molar-refractivity contribution is -0.138. The zero-order valence-electron chi connectivity index (χ0n) is 9.84. The maximum atomic E-state index is 12.5. The predicted octanol–water partition coefficient (Wildman–Crippen LogP) is 1.57. The Morgan fingerprint density at radius 1 is 1.44 bits per heavy atom. The molecule has 5 heteroatoms. The molecule has 1 atom stereocenters. The molecule has 0 unspecified atom stereocenters. The summed E-state index contributed by atoms with van der Waals surface area (Å²) in [7, 11) is 0. The van der Waals surface area contributed by atoms with Crippen LogP contribution in [0.15, 0.2) is 30.5 Å². The molecule has 1 heterocycles. The van der Waals surface area contributed by atoms with Crippen LogP contribution in [0.5, 0.6) is 0 Å². The number of para-hydroxylation sites is 1. The first kappa shape index (κ1) is 12.6. The van der Waals surface area contributed by atoms with Crippen LogP contribution >= 0.6 is 0 Å². The molecule has 0 aliphatic carbocycles. The molecule has 0 saturated heterocycles. The van der Waals surface area contributed by atoms with Crippen LogP contribution in [-0.4, -0.2) is 28.4 Å². The van der Waals surface area contributed by atoms with Gasteiger partial charge in [-0.3, -0.25) is 4.79 Å².